The van der Waals surface area contributed by atoms with Crippen molar-refractivity contribution < 1.29 is 0 Å². The van der Waals surface area contributed by atoms with Crippen molar-refractivity contribution in [3.8, 4) is 0 Å². The van der Waals surface area contributed by atoms with Gasteiger partial charge in [0.15, 0.2) is 0 Å². The molecule has 0 radical (unpaired) electrons. The molecule has 18 heavy (non-hydrogen) atoms. The van der Waals surface area contributed by atoms with Gasteiger partial charge < -0.3 is 4.90 Å². The van der Waals surface area contributed by atoms with Gasteiger partial charge in [0.25, 0.3) is 0 Å². The number of allylic oxidation sites excluding steroid dienone is 1. The quantitative estimate of drug-likeness (QED) is 0.805. The molecule has 1 saturated heterocycles. The predicted molar refractivity (Wildman–Crippen MR) is 76.5 cm³/mol. The Kier molecular flexibility index (Phi) is 4.05. The first-order valence-corrected chi connectivity index (χ1v) is 6.94. The van der Waals surface area contributed by atoms with Crippen molar-refractivity contribution in [2.75, 3.05) is 13.1 Å². The van der Waals surface area contributed by atoms with E-state index in [0.717, 1.165) is 18.8 Å². The van der Waals surface area contributed by atoms with Crippen molar-refractivity contribution in [2.45, 2.75) is 39.5 Å². The lowest BCUT2D eigenvalue weighted by molar-refractivity contribution is 0.245. The van der Waals surface area contributed by atoms with Crippen LogP contribution < -0.4 is 0 Å². The summed E-state index contributed by atoms with van der Waals surface area (Å²) < 4.78 is 0. The molecule has 0 saturated carbocycles. The Morgan fingerprint density at radius 3 is 2.50 bits per heavy atom. The SMILES string of the molecule is C=C(C(C)C)N1CCC(c2ccc(C)nc2)CC1. The highest BCUT2D eigenvalue weighted by molar-refractivity contribution is 5.19. The van der Waals surface area contributed by atoms with Gasteiger partial charge in [-0.25, -0.2) is 0 Å². The molecule has 0 N–H and O–H groups in total. The zero-order chi connectivity index (χ0) is 13.1. The Bertz CT molecular complexity index is 398. The number of piperidine rings is 1. The van der Waals surface area contributed by atoms with Gasteiger partial charge in [-0.15, -0.1) is 0 Å². The molecule has 0 bridgehead atoms. The topological polar surface area (TPSA) is 16.1 Å². The van der Waals surface area contributed by atoms with Gasteiger partial charge in [-0.3, -0.25) is 4.98 Å². The molecule has 0 atom stereocenters. The van der Waals surface area contributed by atoms with Crippen molar-refractivity contribution in [3.05, 3.63) is 41.9 Å². The Balaban J connectivity index is 1.94. The molecule has 2 heteroatoms. The third kappa shape index (κ3) is 2.92. The fourth-order valence-corrected chi connectivity index (χ4v) is 2.59. The van der Waals surface area contributed by atoms with E-state index in [9.17, 15) is 0 Å². The van der Waals surface area contributed by atoms with E-state index in [-0.39, 0.29) is 0 Å². The van der Waals surface area contributed by atoms with Crippen LogP contribution in [0.5, 0.6) is 0 Å². The van der Waals surface area contributed by atoms with E-state index < -0.39 is 0 Å². The van der Waals surface area contributed by atoms with E-state index >= 15 is 0 Å². The number of aromatic nitrogens is 1. The molecular formula is C16H24N2. The van der Waals surface area contributed by atoms with E-state index in [2.05, 4.69) is 42.4 Å². The number of likely N-dealkylation sites (tertiary alicyclic amines) is 1. The fraction of sp³-hybridized carbons (Fsp3) is 0.562. The smallest absolute Gasteiger partial charge is 0.0372 e. The highest BCUT2D eigenvalue weighted by atomic mass is 15.1. The van der Waals surface area contributed by atoms with E-state index in [4.69, 9.17) is 0 Å². The zero-order valence-electron chi connectivity index (χ0n) is 11.8. The average molecular weight is 244 g/mol. The van der Waals surface area contributed by atoms with Crippen LogP contribution in [-0.2, 0) is 0 Å². The summed E-state index contributed by atoms with van der Waals surface area (Å²) in [6, 6.07) is 4.36. The van der Waals surface area contributed by atoms with Crippen LogP contribution >= 0.6 is 0 Å². The maximum Gasteiger partial charge on any atom is 0.0372 e. The van der Waals surface area contributed by atoms with Crippen molar-refractivity contribution >= 4 is 0 Å². The maximum atomic E-state index is 4.41. The van der Waals surface area contributed by atoms with Crippen molar-refractivity contribution in [1.82, 2.24) is 9.88 Å². The summed E-state index contributed by atoms with van der Waals surface area (Å²) in [4.78, 5) is 6.85. The first-order valence-electron chi connectivity index (χ1n) is 6.94. The molecule has 2 rings (SSSR count). The second-order valence-electron chi connectivity index (χ2n) is 5.64. The highest BCUT2D eigenvalue weighted by Gasteiger charge is 2.22. The van der Waals surface area contributed by atoms with Crippen molar-refractivity contribution in [3.63, 3.8) is 0 Å². The lowest BCUT2D eigenvalue weighted by Gasteiger charge is -2.36. The first-order chi connectivity index (χ1) is 8.58. The van der Waals surface area contributed by atoms with Crippen molar-refractivity contribution in [2.24, 2.45) is 5.92 Å². The van der Waals surface area contributed by atoms with E-state index in [1.54, 1.807) is 0 Å². The van der Waals surface area contributed by atoms with Crippen LogP contribution in [0, 0.1) is 12.8 Å². The number of aryl methyl sites for hydroxylation is 1. The summed E-state index contributed by atoms with van der Waals surface area (Å²) in [6.07, 6.45) is 4.49. The van der Waals surface area contributed by atoms with E-state index in [1.165, 1.54) is 24.1 Å². The molecule has 1 fully saturated rings. The minimum Gasteiger partial charge on any atom is -0.375 e. The van der Waals surface area contributed by atoms with Crippen LogP contribution in [0.1, 0.15) is 43.9 Å². The van der Waals surface area contributed by atoms with Crippen LogP contribution in [0.4, 0.5) is 0 Å². The van der Waals surface area contributed by atoms with Gasteiger partial charge in [0.2, 0.25) is 0 Å². The van der Waals surface area contributed by atoms with E-state index in [1.807, 2.05) is 13.1 Å². The van der Waals surface area contributed by atoms with Gasteiger partial charge >= 0.3 is 0 Å². The molecule has 2 nitrogen and oxygen atoms in total. The highest BCUT2D eigenvalue weighted by Crippen LogP contribution is 2.30. The predicted octanol–water partition coefficient (Wildman–Crippen LogP) is 3.74. The van der Waals surface area contributed by atoms with Gasteiger partial charge in [-0.2, -0.15) is 0 Å². The molecular weight excluding hydrogens is 220 g/mol. The Morgan fingerprint density at radius 1 is 1.33 bits per heavy atom. The lowest BCUT2D eigenvalue weighted by atomic mass is 9.89. The number of hydrogen-bond acceptors (Lipinski definition) is 2. The zero-order valence-corrected chi connectivity index (χ0v) is 11.8. The average Bonchev–Trinajstić information content (AvgIpc) is 2.39. The first kappa shape index (κ1) is 13.1. The van der Waals surface area contributed by atoms with E-state index in [0.29, 0.717) is 11.8 Å². The molecule has 2 heterocycles. The Labute approximate surface area is 111 Å². The summed E-state index contributed by atoms with van der Waals surface area (Å²) >= 11 is 0. The molecule has 1 aliphatic heterocycles. The molecule has 0 amide bonds. The third-order valence-electron chi connectivity index (χ3n) is 3.97. The Hall–Kier alpha value is -1.31. The molecule has 1 aromatic rings. The second-order valence-corrected chi connectivity index (χ2v) is 5.64. The summed E-state index contributed by atoms with van der Waals surface area (Å²) in [5.74, 6) is 1.23. The summed E-state index contributed by atoms with van der Waals surface area (Å²) in [7, 11) is 0. The third-order valence-corrected chi connectivity index (χ3v) is 3.97. The van der Waals surface area contributed by atoms with Gasteiger partial charge in [-0.05, 0) is 43.2 Å². The summed E-state index contributed by atoms with van der Waals surface area (Å²) in [5.41, 5.74) is 3.79. The minimum atomic E-state index is 0.558. The molecule has 98 valence electrons. The molecule has 0 aromatic carbocycles. The Morgan fingerprint density at radius 2 is 2.00 bits per heavy atom. The van der Waals surface area contributed by atoms with Gasteiger partial charge in [0.1, 0.15) is 0 Å². The van der Waals surface area contributed by atoms with Crippen LogP contribution in [0.25, 0.3) is 0 Å². The lowest BCUT2D eigenvalue weighted by Crippen LogP contribution is -2.33. The van der Waals surface area contributed by atoms with Gasteiger partial charge in [-0.1, -0.05) is 26.5 Å². The standard InChI is InChI=1S/C16H24N2/c1-12(2)14(4)18-9-7-15(8-10-18)16-6-5-13(3)17-11-16/h5-6,11-12,15H,4,7-10H2,1-3H3. The van der Waals surface area contributed by atoms with Crippen LogP contribution in [0.3, 0.4) is 0 Å². The number of hydrogen-bond donors (Lipinski definition) is 0. The molecule has 1 aliphatic rings. The molecule has 0 aliphatic carbocycles. The number of rotatable bonds is 3. The number of nitrogens with zero attached hydrogens (tertiary/aromatic N) is 2. The summed E-state index contributed by atoms with van der Waals surface area (Å²) in [5, 5.41) is 0. The van der Waals surface area contributed by atoms with Crippen LogP contribution in [0.2, 0.25) is 0 Å². The summed E-state index contributed by atoms with van der Waals surface area (Å²) in [6.45, 7) is 13.0. The second kappa shape index (κ2) is 5.55. The van der Waals surface area contributed by atoms with Crippen LogP contribution in [-0.4, -0.2) is 23.0 Å². The minimum absolute atomic E-state index is 0.558. The molecule has 0 spiro atoms. The normalized spacial score (nSPS) is 17.2. The van der Waals surface area contributed by atoms with Crippen LogP contribution in [0.15, 0.2) is 30.6 Å². The van der Waals surface area contributed by atoms with Crippen molar-refractivity contribution in [1.29, 1.82) is 0 Å². The fourth-order valence-electron chi connectivity index (χ4n) is 2.59. The van der Waals surface area contributed by atoms with Gasteiger partial charge in [0.05, 0.1) is 0 Å². The molecule has 0 unspecified atom stereocenters. The largest absolute Gasteiger partial charge is 0.375 e. The maximum absolute atomic E-state index is 4.41. The molecule has 1 aromatic heterocycles. The number of pyridine rings is 1. The van der Waals surface area contributed by atoms with Gasteiger partial charge in [0, 0.05) is 30.7 Å². The monoisotopic (exact) mass is 244 g/mol.